The zero-order valence-electron chi connectivity index (χ0n) is 15.7. The van der Waals surface area contributed by atoms with E-state index >= 15 is 0 Å². The Hall–Kier alpha value is -2.15. The molecule has 0 bridgehead atoms. The lowest BCUT2D eigenvalue weighted by molar-refractivity contribution is 0.125. The van der Waals surface area contributed by atoms with Crippen LogP contribution in [0.25, 0.3) is 0 Å². The SMILES string of the molecule is COc1ccc(COC(=O)NC(C)(CC#CC2CC2)CC(C)C)cc1. The second-order valence-electron chi connectivity index (χ2n) is 7.48. The van der Waals surface area contributed by atoms with Crippen LogP contribution >= 0.6 is 0 Å². The van der Waals surface area contributed by atoms with Gasteiger partial charge in [0.15, 0.2) is 0 Å². The maximum Gasteiger partial charge on any atom is 0.407 e. The topological polar surface area (TPSA) is 47.6 Å². The van der Waals surface area contributed by atoms with Gasteiger partial charge in [0.25, 0.3) is 0 Å². The molecule has 1 aliphatic carbocycles. The predicted octanol–water partition coefficient (Wildman–Crippen LogP) is 4.53. The van der Waals surface area contributed by atoms with Gasteiger partial charge in [-0.05, 0) is 49.8 Å². The number of alkyl carbamates (subject to hydrolysis) is 1. The maximum atomic E-state index is 12.2. The Morgan fingerprint density at radius 1 is 1.32 bits per heavy atom. The van der Waals surface area contributed by atoms with Crippen LogP contribution in [0.15, 0.2) is 24.3 Å². The Morgan fingerprint density at radius 2 is 2.00 bits per heavy atom. The molecule has 0 radical (unpaired) electrons. The summed E-state index contributed by atoms with van der Waals surface area (Å²) in [7, 11) is 1.63. The summed E-state index contributed by atoms with van der Waals surface area (Å²) in [5, 5.41) is 3.02. The number of nitrogens with one attached hydrogen (secondary N) is 1. The summed E-state index contributed by atoms with van der Waals surface area (Å²) in [6, 6.07) is 7.49. The van der Waals surface area contributed by atoms with Crippen molar-refractivity contribution in [3.8, 4) is 17.6 Å². The molecule has 0 spiro atoms. The fourth-order valence-electron chi connectivity index (χ4n) is 2.84. The second-order valence-corrected chi connectivity index (χ2v) is 7.48. The Bertz CT molecular complexity index is 623. The molecule has 1 atom stereocenters. The number of hydrogen-bond acceptors (Lipinski definition) is 3. The summed E-state index contributed by atoms with van der Waals surface area (Å²) in [4.78, 5) is 12.2. The van der Waals surface area contributed by atoms with E-state index in [1.165, 1.54) is 12.8 Å². The van der Waals surface area contributed by atoms with Crippen molar-refractivity contribution in [1.29, 1.82) is 0 Å². The summed E-state index contributed by atoms with van der Waals surface area (Å²) < 4.78 is 10.5. The van der Waals surface area contributed by atoms with E-state index < -0.39 is 6.09 Å². The molecule has 1 unspecified atom stereocenters. The number of rotatable bonds is 7. The van der Waals surface area contributed by atoms with Crippen LogP contribution in [0.5, 0.6) is 5.75 Å². The highest BCUT2D eigenvalue weighted by atomic mass is 16.5. The molecule has 0 aliphatic heterocycles. The highest BCUT2D eigenvalue weighted by molar-refractivity contribution is 5.68. The zero-order valence-corrected chi connectivity index (χ0v) is 15.7. The average Bonchev–Trinajstić information content (AvgIpc) is 3.36. The molecule has 2 rings (SSSR count). The fraction of sp³-hybridized carbons (Fsp3) is 0.571. The van der Waals surface area contributed by atoms with Crippen LogP contribution in [0.3, 0.4) is 0 Å². The van der Waals surface area contributed by atoms with Gasteiger partial charge in [0.2, 0.25) is 0 Å². The summed E-state index contributed by atoms with van der Waals surface area (Å²) in [6.07, 6.45) is 3.55. The van der Waals surface area contributed by atoms with Crippen LogP contribution in [-0.4, -0.2) is 18.7 Å². The first-order valence-electron chi connectivity index (χ1n) is 8.96. The average molecular weight is 343 g/mol. The number of amides is 1. The summed E-state index contributed by atoms with van der Waals surface area (Å²) in [5.74, 6) is 8.35. The molecule has 1 saturated carbocycles. The smallest absolute Gasteiger partial charge is 0.407 e. The van der Waals surface area contributed by atoms with E-state index in [4.69, 9.17) is 9.47 Å². The summed E-state index contributed by atoms with van der Waals surface area (Å²) in [5.41, 5.74) is 0.558. The molecular weight excluding hydrogens is 314 g/mol. The first-order chi connectivity index (χ1) is 11.9. The van der Waals surface area contributed by atoms with Gasteiger partial charge in [-0.2, -0.15) is 0 Å². The van der Waals surface area contributed by atoms with Gasteiger partial charge in [0.1, 0.15) is 12.4 Å². The monoisotopic (exact) mass is 343 g/mol. The van der Waals surface area contributed by atoms with E-state index in [1.54, 1.807) is 7.11 Å². The summed E-state index contributed by atoms with van der Waals surface area (Å²) in [6.45, 7) is 6.58. The van der Waals surface area contributed by atoms with Crippen LogP contribution < -0.4 is 10.1 Å². The van der Waals surface area contributed by atoms with Crippen LogP contribution in [0.1, 0.15) is 52.0 Å². The molecule has 4 heteroatoms. The van der Waals surface area contributed by atoms with Gasteiger partial charge in [0, 0.05) is 12.3 Å². The van der Waals surface area contributed by atoms with Gasteiger partial charge in [0.05, 0.1) is 12.6 Å². The lowest BCUT2D eigenvalue weighted by atomic mass is 9.88. The van der Waals surface area contributed by atoms with E-state index in [1.807, 2.05) is 31.2 Å². The minimum atomic E-state index is -0.396. The van der Waals surface area contributed by atoms with Crippen LogP contribution in [0.4, 0.5) is 4.79 Å². The molecule has 1 amide bonds. The van der Waals surface area contributed by atoms with Gasteiger partial charge in [-0.3, -0.25) is 0 Å². The predicted molar refractivity (Wildman–Crippen MR) is 99.3 cm³/mol. The van der Waals surface area contributed by atoms with Crippen LogP contribution in [-0.2, 0) is 11.3 Å². The van der Waals surface area contributed by atoms with Crippen LogP contribution in [0, 0.1) is 23.7 Å². The van der Waals surface area contributed by atoms with Gasteiger partial charge in [-0.15, -0.1) is 5.92 Å². The zero-order chi connectivity index (χ0) is 18.3. The van der Waals surface area contributed by atoms with Crippen LogP contribution in [0.2, 0.25) is 0 Å². The molecular formula is C21H29NO3. The minimum absolute atomic E-state index is 0.237. The van der Waals surface area contributed by atoms with E-state index in [2.05, 4.69) is 31.0 Å². The molecule has 1 aromatic rings. The lowest BCUT2D eigenvalue weighted by Gasteiger charge is -2.30. The van der Waals surface area contributed by atoms with Gasteiger partial charge in [-0.1, -0.05) is 31.9 Å². The molecule has 4 nitrogen and oxygen atoms in total. The molecule has 25 heavy (non-hydrogen) atoms. The number of benzene rings is 1. The Kier molecular flexibility index (Phi) is 6.75. The van der Waals surface area contributed by atoms with Gasteiger partial charge in [-0.25, -0.2) is 4.79 Å². The Morgan fingerprint density at radius 3 is 2.56 bits per heavy atom. The molecule has 1 aromatic carbocycles. The number of ether oxygens (including phenoxy) is 2. The fourth-order valence-corrected chi connectivity index (χ4v) is 2.84. The van der Waals surface area contributed by atoms with Crippen molar-refractivity contribution in [2.24, 2.45) is 11.8 Å². The quantitative estimate of drug-likeness (QED) is 0.740. The third-order valence-electron chi connectivity index (χ3n) is 4.15. The van der Waals surface area contributed by atoms with Crippen molar-refractivity contribution < 1.29 is 14.3 Å². The van der Waals surface area contributed by atoms with E-state index in [0.29, 0.717) is 18.3 Å². The summed E-state index contributed by atoms with van der Waals surface area (Å²) >= 11 is 0. The molecule has 136 valence electrons. The van der Waals surface area contributed by atoms with E-state index in [9.17, 15) is 4.79 Å². The lowest BCUT2D eigenvalue weighted by Crippen LogP contribution is -2.46. The van der Waals surface area contributed by atoms with Crippen molar-refractivity contribution in [1.82, 2.24) is 5.32 Å². The third kappa shape index (κ3) is 7.09. The molecule has 0 heterocycles. The molecule has 1 fully saturated rings. The molecule has 0 aromatic heterocycles. The second kappa shape index (κ2) is 8.80. The van der Waals surface area contributed by atoms with Crippen molar-refractivity contribution in [2.75, 3.05) is 7.11 Å². The molecule has 1 N–H and O–H groups in total. The Labute approximate surface area is 151 Å². The van der Waals surface area contributed by atoms with Crippen molar-refractivity contribution >= 4 is 6.09 Å². The number of carbonyl (C=O) groups excluding carboxylic acids is 1. The third-order valence-corrected chi connectivity index (χ3v) is 4.15. The number of methoxy groups -OCH3 is 1. The van der Waals surface area contributed by atoms with Crippen molar-refractivity contribution in [2.45, 2.75) is 58.6 Å². The normalized spacial score (nSPS) is 15.7. The molecule has 1 aliphatic rings. The number of carbonyl (C=O) groups is 1. The first kappa shape index (κ1) is 19.2. The maximum absolute atomic E-state index is 12.2. The van der Waals surface area contributed by atoms with E-state index in [0.717, 1.165) is 17.7 Å². The first-order valence-corrected chi connectivity index (χ1v) is 8.96. The molecule has 0 saturated heterocycles. The van der Waals surface area contributed by atoms with Gasteiger partial charge < -0.3 is 14.8 Å². The highest BCUT2D eigenvalue weighted by Gasteiger charge is 2.28. The van der Waals surface area contributed by atoms with Crippen molar-refractivity contribution in [3.63, 3.8) is 0 Å². The number of hydrogen-bond donors (Lipinski definition) is 1. The highest BCUT2D eigenvalue weighted by Crippen LogP contribution is 2.28. The van der Waals surface area contributed by atoms with E-state index in [-0.39, 0.29) is 12.1 Å². The van der Waals surface area contributed by atoms with Gasteiger partial charge >= 0.3 is 6.09 Å². The largest absolute Gasteiger partial charge is 0.497 e. The van der Waals surface area contributed by atoms with Crippen molar-refractivity contribution in [3.05, 3.63) is 29.8 Å². The Balaban J connectivity index is 1.87. The standard InChI is InChI=1S/C21H29NO3/c1-16(2)14-21(3,13-5-6-17-7-8-17)22-20(23)25-15-18-9-11-19(24-4)12-10-18/h9-12,16-17H,7-8,13-15H2,1-4H3,(H,22,23). The minimum Gasteiger partial charge on any atom is -0.497 e.